The number of nitrogens with one attached hydrogen (secondary N) is 1. The first kappa shape index (κ1) is 14.7. The molecule has 1 amide bonds. The van der Waals surface area contributed by atoms with E-state index in [9.17, 15) is 26.7 Å². The Hall–Kier alpha value is -1.34. The molecule has 0 aliphatic carbocycles. The Balaban J connectivity index is 4.02. The Labute approximate surface area is 88.3 Å². The van der Waals surface area contributed by atoms with Gasteiger partial charge >= 0.3 is 12.1 Å². The highest BCUT2D eigenvalue weighted by Gasteiger charge is 2.63. The molecule has 94 valence electrons. The first-order valence-corrected chi connectivity index (χ1v) is 4.19. The number of rotatable bonds is 6. The van der Waals surface area contributed by atoms with Crippen molar-refractivity contribution in [3.05, 3.63) is 12.8 Å². The molecule has 0 unspecified atom stereocenters. The Morgan fingerprint density at radius 2 is 1.88 bits per heavy atom. The van der Waals surface area contributed by atoms with Crippen LogP contribution in [0.1, 0.15) is 6.42 Å². The molecule has 1 N–H and O–H groups in total. The van der Waals surface area contributed by atoms with Gasteiger partial charge in [0.15, 0.2) is 0 Å². The summed E-state index contributed by atoms with van der Waals surface area (Å²) in [4.78, 5) is 10.5. The van der Waals surface area contributed by atoms with E-state index in [0.717, 1.165) is 6.26 Å². The van der Waals surface area contributed by atoms with Gasteiger partial charge in [-0.25, -0.2) is 0 Å². The van der Waals surface area contributed by atoms with Crippen molar-refractivity contribution < 1.29 is 31.5 Å². The summed E-state index contributed by atoms with van der Waals surface area (Å²) in [6.07, 6.45) is -4.69. The molecular weight excluding hydrogens is 237 g/mol. The molecule has 0 saturated carbocycles. The minimum Gasteiger partial charge on any atom is -0.502 e. The van der Waals surface area contributed by atoms with Crippen LogP contribution < -0.4 is 5.32 Å². The van der Waals surface area contributed by atoms with Gasteiger partial charge in [-0.2, -0.15) is 22.0 Å². The average Bonchev–Trinajstić information content (AvgIpc) is 2.15. The molecule has 16 heavy (non-hydrogen) atoms. The maximum absolute atomic E-state index is 12.3. The molecule has 0 aliphatic heterocycles. The van der Waals surface area contributed by atoms with Crippen molar-refractivity contribution in [2.45, 2.75) is 18.5 Å². The van der Waals surface area contributed by atoms with Gasteiger partial charge in [-0.05, 0) is 6.42 Å². The fraction of sp³-hybridized carbons (Fsp3) is 0.625. The van der Waals surface area contributed by atoms with Crippen LogP contribution in [0.3, 0.4) is 0 Å². The zero-order valence-electron chi connectivity index (χ0n) is 8.11. The fourth-order valence-electron chi connectivity index (χ4n) is 0.680. The molecule has 0 aromatic carbocycles. The molecule has 0 aliphatic rings. The van der Waals surface area contributed by atoms with Gasteiger partial charge in [-0.1, -0.05) is 6.58 Å². The van der Waals surface area contributed by atoms with Crippen LogP contribution in [0, 0.1) is 0 Å². The highest BCUT2D eigenvalue weighted by molar-refractivity contribution is 5.84. The summed E-state index contributed by atoms with van der Waals surface area (Å²) in [7, 11) is 0. The summed E-state index contributed by atoms with van der Waals surface area (Å²) in [5.41, 5.74) is 0. The Morgan fingerprint density at radius 3 is 2.31 bits per heavy atom. The predicted octanol–water partition coefficient (Wildman–Crippen LogP) is 1.85. The molecule has 0 radical (unpaired) electrons. The van der Waals surface area contributed by atoms with Crippen LogP contribution in [-0.2, 0) is 9.53 Å². The van der Waals surface area contributed by atoms with E-state index in [-0.39, 0.29) is 19.6 Å². The lowest BCUT2D eigenvalue weighted by atomic mass is 10.3. The number of hydrogen-bond donors (Lipinski definition) is 1. The maximum Gasteiger partial charge on any atom is 0.463 e. The first-order valence-electron chi connectivity index (χ1n) is 4.19. The fourth-order valence-corrected chi connectivity index (χ4v) is 0.680. The van der Waals surface area contributed by atoms with E-state index in [1.165, 1.54) is 5.32 Å². The lowest BCUT2D eigenvalue weighted by Crippen LogP contribution is -2.50. The van der Waals surface area contributed by atoms with E-state index in [0.29, 0.717) is 0 Å². The van der Waals surface area contributed by atoms with E-state index in [1.807, 2.05) is 0 Å². The van der Waals surface area contributed by atoms with Crippen molar-refractivity contribution in [3.8, 4) is 0 Å². The van der Waals surface area contributed by atoms with E-state index in [1.54, 1.807) is 0 Å². The number of carbonyl (C=O) groups is 1. The van der Waals surface area contributed by atoms with Gasteiger partial charge in [0.05, 0.1) is 12.9 Å². The third-order valence-electron chi connectivity index (χ3n) is 1.48. The highest BCUT2D eigenvalue weighted by Crippen LogP contribution is 2.35. The minimum absolute atomic E-state index is 0.0708. The van der Waals surface area contributed by atoms with E-state index in [2.05, 4.69) is 11.3 Å². The second-order valence-corrected chi connectivity index (χ2v) is 2.72. The Bertz CT molecular complexity index is 251. The van der Waals surface area contributed by atoms with Gasteiger partial charge in [0.25, 0.3) is 5.91 Å². The number of carbonyl (C=O) groups excluding carboxylic acids is 1. The summed E-state index contributed by atoms with van der Waals surface area (Å²) < 4.78 is 64.2. The van der Waals surface area contributed by atoms with Gasteiger partial charge in [-0.15, -0.1) is 0 Å². The third kappa shape index (κ3) is 4.03. The maximum atomic E-state index is 12.3. The zero-order chi connectivity index (χ0) is 12.8. The molecule has 0 fully saturated rings. The Kier molecular flexibility index (Phi) is 5.19. The second-order valence-electron chi connectivity index (χ2n) is 2.72. The molecule has 0 bridgehead atoms. The largest absolute Gasteiger partial charge is 0.502 e. The SMILES string of the molecule is C=COCCCNC(=O)C(F)(F)C(F)(F)F. The van der Waals surface area contributed by atoms with Crippen LogP contribution in [0.4, 0.5) is 22.0 Å². The molecule has 3 nitrogen and oxygen atoms in total. The summed E-state index contributed by atoms with van der Waals surface area (Å²) in [6, 6.07) is 0. The number of hydrogen-bond acceptors (Lipinski definition) is 2. The lowest BCUT2D eigenvalue weighted by molar-refractivity contribution is -0.269. The topological polar surface area (TPSA) is 38.3 Å². The summed E-state index contributed by atoms with van der Waals surface area (Å²) in [6.45, 7) is 2.92. The minimum atomic E-state index is -5.88. The monoisotopic (exact) mass is 247 g/mol. The van der Waals surface area contributed by atoms with Gasteiger partial charge in [-0.3, -0.25) is 4.79 Å². The quantitative estimate of drug-likeness (QED) is 0.442. The summed E-state index contributed by atoms with van der Waals surface area (Å²) >= 11 is 0. The van der Waals surface area contributed by atoms with Crippen molar-refractivity contribution in [2.75, 3.05) is 13.2 Å². The van der Waals surface area contributed by atoms with Gasteiger partial charge in [0.1, 0.15) is 0 Å². The molecule has 0 spiro atoms. The molecule has 0 aromatic rings. The van der Waals surface area contributed by atoms with E-state index >= 15 is 0 Å². The van der Waals surface area contributed by atoms with Gasteiger partial charge in [0, 0.05) is 6.54 Å². The zero-order valence-corrected chi connectivity index (χ0v) is 8.11. The van der Waals surface area contributed by atoms with Crippen LogP contribution in [0.15, 0.2) is 12.8 Å². The first-order chi connectivity index (χ1) is 7.23. The smallest absolute Gasteiger partial charge is 0.463 e. The predicted molar refractivity (Wildman–Crippen MR) is 44.8 cm³/mol. The van der Waals surface area contributed by atoms with Crippen molar-refractivity contribution in [3.63, 3.8) is 0 Å². The average molecular weight is 247 g/mol. The van der Waals surface area contributed by atoms with Crippen molar-refractivity contribution in [2.24, 2.45) is 0 Å². The Morgan fingerprint density at radius 1 is 1.31 bits per heavy atom. The molecule has 0 atom stereocenters. The normalized spacial score (nSPS) is 12.1. The summed E-state index contributed by atoms with van der Waals surface area (Å²) in [5.74, 6) is -7.73. The second kappa shape index (κ2) is 5.66. The highest BCUT2D eigenvalue weighted by atomic mass is 19.4. The lowest BCUT2D eigenvalue weighted by Gasteiger charge is -2.18. The number of halogens is 5. The van der Waals surface area contributed by atoms with Crippen LogP contribution in [0.5, 0.6) is 0 Å². The molecule has 0 aromatic heterocycles. The van der Waals surface area contributed by atoms with Crippen LogP contribution in [-0.4, -0.2) is 31.2 Å². The van der Waals surface area contributed by atoms with Crippen molar-refractivity contribution in [1.29, 1.82) is 0 Å². The van der Waals surface area contributed by atoms with Crippen molar-refractivity contribution in [1.82, 2.24) is 5.32 Å². The van der Waals surface area contributed by atoms with Crippen LogP contribution >= 0.6 is 0 Å². The third-order valence-corrected chi connectivity index (χ3v) is 1.48. The van der Waals surface area contributed by atoms with Gasteiger partial charge in [0.2, 0.25) is 0 Å². The van der Waals surface area contributed by atoms with E-state index in [4.69, 9.17) is 0 Å². The summed E-state index contributed by atoms with van der Waals surface area (Å²) in [5, 5.41) is 1.47. The number of amides is 1. The molecule has 0 rings (SSSR count). The number of alkyl halides is 5. The molecule has 0 heterocycles. The van der Waals surface area contributed by atoms with Crippen LogP contribution in [0.25, 0.3) is 0 Å². The molecular formula is C8H10F5NO2. The van der Waals surface area contributed by atoms with Crippen molar-refractivity contribution >= 4 is 5.91 Å². The molecule has 0 saturated heterocycles. The number of ether oxygens (including phenoxy) is 1. The molecule has 8 heteroatoms. The van der Waals surface area contributed by atoms with Crippen LogP contribution in [0.2, 0.25) is 0 Å². The standard InChI is InChI=1S/C8H10F5NO2/c1-2-16-5-3-4-14-6(15)7(9,10)8(11,12)13/h2H,1,3-5H2,(H,14,15). The van der Waals surface area contributed by atoms with E-state index < -0.39 is 18.0 Å². The van der Waals surface area contributed by atoms with Gasteiger partial charge < -0.3 is 10.1 Å².